The summed E-state index contributed by atoms with van der Waals surface area (Å²) in [7, 11) is 0. The molecule has 1 aliphatic carbocycles. The topological polar surface area (TPSA) is 84.3 Å². The zero-order valence-corrected chi connectivity index (χ0v) is 62.0. The van der Waals surface area contributed by atoms with Crippen molar-refractivity contribution >= 4 is 121 Å². The average Bonchev–Trinajstić information content (AvgIpc) is 1.69. The molecule has 0 bridgehead atoms. The molecule has 4 heterocycles. The van der Waals surface area contributed by atoms with Gasteiger partial charge in [0.1, 0.15) is 22.3 Å². The Morgan fingerprint density at radius 2 is 0.575 bits per heavy atom. The summed E-state index contributed by atoms with van der Waals surface area (Å²) in [5.41, 5.74) is 27.0. The monoisotopic (exact) mass is 1450 g/mol. The molecule has 21 aromatic rings. The molecule has 0 radical (unpaired) electrons. The van der Waals surface area contributed by atoms with Crippen molar-refractivity contribution in [1.82, 2.24) is 19.9 Å². The van der Waals surface area contributed by atoms with Gasteiger partial charge in [-0.15, -0.1) is 0 Å². The molecule has 0 amide bonds. The minimum absolute atomic E-state index is 0.125. The van der Waals surface area contributed by atoms with Crippen LogP contribution in [0.25, 0.3) is 166 Å². The highest BCUT2D eigenvalue weighted by Gasteiger charge is 2.36. The molecule has 0 spiro atoms. The van der Waals surface area contributed by atoms with Gasteiger partial charge in [0.25, 0.3) is 0 Å². The van der Waals surface area contributed by atoms with Gasteiger partial charge in [0.05, 0.1) is 22.4 Å². The van der Waals surface area contributed by atoms with E-state index in [1.807, 2.05) is 30.3 Å². The third-order valence-electron chi connectivity index (χ3n) is 22.5. The van der Waals surface area contributed by atoms with Crippen LogP contribution < -0.4 is 9.80 Å². The Kier molecular flexibility index (Phi) is 16.1. The summed E-state index contributed by atoms with van der Waals surface area (Å²) in [6.07, 6.45) is 0. The number of hydrogen-bond donors (Lipinski definition) is 0. The van der Waals surface area contributed by atoms with E-state index in [0.29, 0.717) is 11.6 Å². The van der Waals surface area contributed by atoms with E-state index in [0.717, 1.165) is 155 Å². The normalized spacial score (nSPS) is 12.2. The van der Waals surface area contributed by atoms with Crippen LogP contribution in [-0.4, -0.2) is 19.9 Å². The predicted octanol–water partition coefficient (Wildman–Crippen LogP) is 28.6. The molecule has 4 aromatic heterocycles. The van der Waals surface area contributed by atoms with Crippen molar-refractivity contribution in [2.45, 2.75) is 19.3 Å². The number of hydrogen-bond acceptors (Lipinski definition) is 8. The SMILES string of the molecule is CC1(C)c2ccccc2-c2ccc(N(c3ccc(-c4ccccc4)cc3)c3ccc(-c4nc(-c5cccc6c5oc5c7ccccc7ccc65)c5ccccc5n4)cc3)cc21.c1ccc(-c2ccc(N(c3ccccc3)c3cccc(-c4nc(-c5cccc6c5oc5c7ccccc7ccc65)c5ccccc5n4)c3)cc2)cc1. The van der Waals surface area contributed by atoms with Crippen molar-refractivity contribution in [3.05, 3.63) is 399 Å². The highest BCUT2D eigenvalue weighted by molar-refractivity contribution is 6.19. The second kappa shape index (κ2) is 27.4. The lowest BCUT2D eigenvalue weighted by atomic mass is 9.82. The molecule has 0 saturated carbocycles. The van der Waals surface area contributed by atoms with E-state index in [9.17, 15) is 0 Å². The minimum atomic E-state index is -0.125. The lowest BCUT2D eigenvalue weighted by Gasteiger charge is -2.28. The van der Waals surface area contributed by atoms with E-state index in [2.05, 4.69) is 382 Å². The Morgan fingerprint density at radius 1 is 0.221 bits per heavy atom. The smallest absolute Gasteiger partial charge is 0.160 e. The van der Waals surface area contributed by atoms with E-state index < -0.39 is 0 Å². The standard InChI is InChI=1S/C57H39N3O.C48H31N3O/c1-57(2)50-21-10-8-17-44(50)45-34-32-42(35-51(45)57)60(40-28-23-37(24-29-40)36-13-4-3-5-14-36)41-30-25-39(26-31-41)56-58-52-22-11-9-18-48(52)53(59-56)49-20-12-19-46-47-33-27-38-15-6-7-16-43(38)54(47)61-55(46)49;1-3-13-32(14-4-1)33-25-28-37(29-26-33)51(36-17-5-2-6-18-36)38-19-11-16-35(31-38)48-49-44-24-10-9-21-42(44)45(50-48)43-23-12-22-40-41-30-27-34-15-7-8-20-39(34)46(41)52-47(40)43/h3-35H,1-2H3;1-31H. The number of fused-ring (bicyclic) bond motifs is 15. The summed E-state index contributed by atoms with van der Waals surface area (Å²) in [6.45, 7) is 4.67. The van der Waals surface area contributed by atoms with Crippen LogP contribution in [0.2, 0.25) is 0 Å². The third-order valence-corrected chi connectivity index (χ3v) is 22.5. The summed E-state index contributed by atoms with van der Waals surface area (Å²) in [5.74, 6) is 1.32. The van der Waals surface area contributed by atoms with Crippen molar-refractivity contribution in [3.8, 4) is 78.7 Å². The van der Waals surface area contributed by atoms with Crippen LogP contribution in [0.3, 0.4) is 0 Å². The van der Waals surface area contributed by atoms with Crippen molar-refractivity contribution < 1.29 is 8.83 Å². The largest absolute Gasteiger partial charge is 0.455 e. The summed E-state index contributed by atoms with van der Waals surface area (Å²) in [6, 6.07) is 137. The molecule has 0 saturated heterocycles. The van der Waals surface area contributed by atoms with Gasteiger partial charge >= 0.3 is 0 Å². The molecule has 0 fully saturated rings. The van der Waals surface area contributed by atoms with E-state index in [1.54, 1.807) is 0 Å². The van der Waals surface area contributed by atoms with E-state index in [-0.39, 0.29) is 5.41 Å². The summed E-state index contributed by atoms with van der Waals surface area (Å²) in [5, 5.41) is 10.8. The first-order valence-electron chi connectivity index (χ1n) is 38.4. The van der Waals surface area contributed by atoms with Crippen molar-refractivity contribution in [3.63, 3.8) is 0 Å². The van der Waals surface area contributed by atoms with Crippen LogP contribution >= 0.6 is 0 Å². The van der Waals surface area contributed by atoms with Gasteiger partial charge in [0, 0.05) is 105 Å². The number of rotatable bonds is 12. The Labute approximate surface area is 653 Å². The first-order valence-corrected chi connectivity index (χ1v) is 38.4. The van der Waals surface area contributed by atoms with Crippen molar-refractivity contribution in [2.24, 2.45) is 0 Å². The molecule has 0 aliphatic heterocycles. The minimum Gasteiger partial charge on any atom is -0.455 e. The molecule has 0 atom stereocenters. The molecule has 1 aliphatic rings. The van der Waals surface area contributed by atoms with Crippen molar-refractivity contribution in [2.75, 3.05) is 9.80 Å². The predicted molar refractivity (Wildman–Crippen MR) is 468 cm³/mol. The first kappa shape index (κ1) is 66.4. The number of furan rings is 2. The summed E-state index contributed by atoms with van der Waals surface area (Å²) >= 11 is 0. The summed E-state index contributed by atoms with van der Waals surface area (Å²) in [4.78, 5) is 25.6. The number of nitrogens with zero attached hydrogens (tertiary/aromatic N) is 6. The number of anilines is 6. The fourth-order valence-corrected chi connectivity index (χ4v) is 17.0. The zero-order chi connectivity index (χ0) is 75.1. The van der Waals surface area contributed by atoms with E-state index in [4.69, 9.17) is 28.8 Å². The molecular weight excluding hydrogens is 1380 g/mol. The fourth-order valence-electron chi connectivity index (χ4n) is 17.0. The quantitative estimate of drug-likeness (QED) is 0.120. The molecule has 113 heavy (non-hydrogen) atoms. The molecule has 0 N–H and O–H groups in total. The maximum Gasteiger partial charge on any atom is 0.160 e. The molecule has 22 rings (SSSR count). The van der Waals surface area contributed by atoms with Crippen LogP contribution in [0.1, 0.15) is 25.0 Å². The number of para-hydroxylation sites is 5. The maximum atomic E-state index is 6.80. The third kappa shape index (κ3) is 11.6. The Morgan fingerprint density at radius 3 is 1.11 bits per heavy atom. The highest BCUT2D eigenvalue weighted by atomic mass is 16.3. The van der Waals surface area contributed by atoms with Gasteiger partial charge in [-0.2, -0.15) is 0 Å². The fraction of sp³-hybridized carbons (Fsp3) is 0.0286. The van der Waals surface area contributed by atoms with Crippen LogP contribution in [-0.2, 0) is 5.41 Å². The molecular formula is C105H70N6O2. The van der Waals surface area contributed by atoms with Gasteiger partial charge in [-0.25, -0.2) is 19.9 Å². The molecule has 17 aromatic carbocycles. The zero-order valence-electron chi connectivity index (χ0n) is 62.0. The lowest BCUT2D eigenvalue weighted by molar-refractivity contribution is 0.660. The van der Waals surface area contributed by atoms with Gasteiger partial charge in [-0.05, 0) is 177 Å². The maximum absolute atomic E-state index is 6.80. The van der Waals surface area contributed by atoms with E-state index in [1.165, 1.54) is 44.5 Å². The number of aromatic nitrogens is 4. The van der Waals surface area contributed by atoms with Gasteiger partial charge in [-0.1, -0.05) is 281 Å². The summed E-state index contributed by atoms with van der Waals surface area (Å²) < 4.78 is 13.6. The van der Waals surface area contributed by atoms with Crippen LogP contribution in [0.5, 0.6) is 0 Å². The second-order valence-corrected chi connectivity index (χ2v) is 29.6. The van der Waals surface area contributed by atoms with Gasteiger partial charge < -0.3 is 18.6 Å². The van der Waals surface area contributed by atoms with E-state index >= 15 is 0 Å². The number of benzene rings is 17. The Bertz CT molecular complexity index is 7260. The molecule has 8 nitrogen and oxygen atoms in total. The van der Waals surface area contributed by atoms with Gasteiger partial charge in [-0.3, -0.25) is 0 Å². The molecule has 8 heteroatoms. The Hall–Kier alpha value is -14.9. The van der Waals surface area contributed by atoms with Gasteiger partial charge in [0.15, 0.2) is 11.6 Å². The van der Waals surface area contributed by atoms with Gasteiger partial charge in [0.2, 0.25) is 0 Å². The molecule has 532 valence electrons. The first-order chi connectivity index (χ1) is 55.8. The second-order valence-electron chi connectivity index (χ2n) is 29.6. The Balaban J connectivity index is 0.000000144. The van der Waals surface area contributed by atoms with Crippen LogP contribution in [0.4, 0.5) is 34.1 Å². The van der Waals surface area contributed by atoms with Crippen LogP contribution in [0.15, 0.2) is 397 Å². The van der Waals surface area contributed by atoms with Crippen molar-refractivity contribution in [1.29, 1.82) is 0 Å². The molecule has 0 unspecified atom stereocenters. The average molecular weight is 1450 g/mol. The lowest BCUT2D eigenvalue weighted by Crippen LogP contribution is -2.16. The van der Waals surface area contributed by atoms with Crippen LogP contribution in [0, 0.1) is 0 Å². The highest BCUT2D eigenvalue weighted by Crippen LogP contribution is 2.52.